The van der Waals surface area contributed by atoms with Crippen molar-refractivity contribution in [2.45, 2.75) is 32.2 Å². The lowest BCUT2D eigenvalue weighted by atomic mass is 9.98. The number of hydrogen-bond donors (Lipinski definition) is 0. The SMILES string of the molecule is Cc1c(F)cc2c3c(c(=O)n(C)c2c1F)N(C(F)(F)F)CC1CN(C)C(C)CN31. The van der Waals surface area contributed by atoms with E-state index in [9.17, 15) is 26.7 Å². The standard InChI is InChI=1S/C19H21F5N4O/c1-9-6-27-11(7-25(9)3)8-28(19(22,23)24)17-16(27)12-5-13(20)10(2)14(21)15(12)26(4)18(17)29/h5,9,11H,6-8H2,1-4H3. The van der Waals surface area contributed by atoms with Crippen molar-refractivity contribution < 1.29 is 22.0 Å². The van der Waals surface area contributed by atoms with Crippen LogP contribution in [0.3, 0.4) is 0 Å². The summed E-state index contributed by atoms with van der Waals surface area (Å²) < 4.78 is 71.8. The maximum Gasteiger partial charge on any atom is 0.485 e. The number of nitrogens with zero attached hydrogens (tertiary/aromatic N) is 4. The number of hydrogen-bond acceptors (Lipinski definition) is 4. The number of anilines is 2. The van der Waals surface area contributed by atoms with Crippen LogP contribution >= 0.6 is 0 Å². The van der Waals surface area contributed by atoms with Gasteiger partial charge >= 0.3 is 6.30 Å². The van der Waals surface area contributed by atoms with Gasteiger partial charge in [0.1, 0.15) is 11.5 Å². The summed E-state index contributed by atoms with van der Waals surface area (Å²) in [6, 6.07) is 0.454. The lowest BCUT2D eigenvalue weighted by molar-refractivity contribution is -0.131. The molecule has 158 valence electrons. The minimum atomic E-state index is -4.80. The first-order chi connectivity index (χ1) is 13.4. The zero-order valence-electron chi connectivity index (χ0n) is 16.4. The highest BCUT2D eigenvalue weighted by atomic mass is 19.4. The van der Waals surface area contributed by atoms with Crippen LogP contribution in [0, 0.1) is 18.6 Å². The first-order valence-corrected chi connectivity index (χ1v) is 9.26. The molecule has 0 saturated carbocycles. The van der Waals surface area contributed by atoms with Gasteiger partial charge in [-0.25, -0.2) is 8.78 Å². The molecule has 1 aromatic carbocycles. The first kappa shape index (κ1) is 19.9. The Bertz CT molecular complexity index is 1060. The van der Waals surface area contributed by atoms with Crippen molar-refractivity contribution in [3.05, 3.63) is 33.6 Å². The summed E-state index contributed by atoms with van der Waals surface area (Å²) in [5.41, 5.74) is -2.06. The minimum Gasteiger partial charge on any atom is -0.362 e. The normalized spacial score (nSPS) is 22.8. The van der Waals surface area contributed by atoms with Gasteiger partial charge in [-0.3, -0.25) is 14.6 Å². The van der Waals surface area contributed by atoms with Crippen molar-refractivity contribution in [2.75, 3.05) is 36.5 Å². The molecule has 3 heterocycles. The molecule has 0 amide bonds. The Kier molecular flexibility index (Phi) is 4.34. The van der Waals surface area contributed by atoms with Crippen LogP contribution in [0.15, 0.2) is 10.9 Å². The molecule has 0 spiro atoms. The van der Waals surface area contributed by atoms with Crippen molar-refractivity contribution in [3.8, 4) is 0 Å². The maximum atomic E-state index is 14.9. The second-order valence-corrected chi connectivity index (χ2v) is 7.93. The number of pyridine rings is 1. The summed E-state index contributed by atoms with van der Waals surface area (Å²) in [7, 11) is 3.03. The summed E-state index contributed by atoms with van der Waals surface area (Å²) in [4.78, 5) is 16.7. The Morgan fingerprint density at radius 2 is 1.72 bits per heavy atom. The van der Waals surface area contributed by atoms with Crippen LogP contribution in [0.25, 0.3) is 10.9 Å². The Hall–Kier alpha value is -2.36. The predicted octanol–water partition coefficient (Wildman–Crippen LogP) is 2.97. The van der Waals surface area contributed by atoms with Gasteiger partial charge in [0.05, 0.1) is 17.2 Å². The predicted molar refractivity (Wildman–Crippen MR) is 100 cm³/mol. The second-order valence-electron chi connectivity index (χ2n) is 7.93. The van der Waals surface area contributed by atoms with E-state index >= 15 is 0 Å². The molecule has 2 unspecified atom stereocenters. The van der Waals surface area contributed by atoms with Gasteiger partial charge < -0.3 is 9.47 Å². The van der Waals surface area contributed by atoms with E-state index in [0.717, 1.165) is 10.6 Å². The van der Waals surface area contributed by atoms with Crippen LogP contribution in [0.2, 0.25) is 0 Å². The molecule has 2 aromatic rings. The highest BCUT2D eigenvalue weighted by Gasteiger charge is 2.48. The molecule has 29 heavy (non-hydrogen) atoms. The summed E-state index contributed by atoms with van der Waals surface area (Å²) in [6.07, 6.45) is -4.80. The van der Waals surface area contributed by atoms with Crippen LogP contribution in [-0.4, -0.2) is 54.5 Å². The molecule has 1 saturated heterocycles. The van der Waals surface area contributed by atoms with Crippen molar-refractivity contribution in [2.24, 2.45) is 7.05 Å². The Labute approximate surface area is 163 Å². The average molecular weight is 416 g/mol. The van der Waals surface area contributed by atoms with E-state index in [4.69, 9.17) is 0 Å². The molecule has 5 nitrogen and oxygen atoms in total. The third-order valence-corrected chi connectivity index (χ3v) is 6.15. The van der Waals surface area contributed by atoms with Gasteiger partial charge in [0, 0.05) is 43.7 Å². The third-order valence-electron chi connectivity index (χ3n) is 6.15. The number of alkyl halides is 3. The molecule has 0 aliphatic carbocycles. The summed E-state index contributed by atoms with van der Waals surface area (Å²) in [5.74, 6) is -1.80. The number of piperazine rings is 1. The fourth-order valence-electron chi connectivity index (χ4n) is 4.38. The molecule has 0 bridgehead atoms. The molecular weight excluding hydrogens is 395 g/mol. The zero-order chi connectivity index (χ0) is 21.4. The molecular formula is C19H21F5N4O. The van der Waals surface area contributed by atoms with Gasteiger partial charge in [0.2, 0.25) is 0 Å². The summed E-state index contributed by atoms with van der Waals surface area (Å²) >= 11 is 0. The molecule has 1 fully saturated rings. The van der Waals surface area contributed by atoms with E-state index in [0.29, 0.717) is 13.1 Å². The lowest BCUT2D eigenvalue weighted by Crippen LogP contribution is -2.64. The minimum absolute atomic E-state index is 0.00390. The topological polar surface area (TPSA) is 31.7 Å². The Balaban J connectivity index is 2.13. The molecule has 2 atom stereocenters. The molecule has 2 aliphatic heterocycles. The monoisotopic (exact) mass is 416 g/mol. The molecule has 1 aromatic heterocycles. The van der Waals surface area contributed by atoms with E-state index < -0.39 is 41.8 Å². The maximum absolute atomic E-state index is 14.9. The van der Waals surface area contributed by atoms with Gasteiger partial charge in [0.15, 0.2) is 5.82 Å². The number of halogens is 5. The third kappa shape index (κ3) is 2.79. The molecule has 4 rings (SSSR count). The van der Waals surface area contributed by atoms with Gasteiger partial charge in [-0.05, 0) is 27.0 Å². The number of fused-ring (bicyclic) bond motifs is 5. The van der Waals surface area contributed by atoms with Gasteiger partial charge in [0.25, 0.3) is 5.56 Å². The van der Waals surface area contributed by atoms with Crippen LogP contribution in [0.4, 0.5) is 33.3 Å². The van der Waals surface area contributed by atoms with Gasteiger partial charge in [-0.15, -0.1) is 0 Å². The van der Waals surface area contributed by atoms with Crippen LogP contribution in [0.1, 0.15) is 12.5 Å². The number of rotatable bonds is 0. The van der Waals surface area contributed by atoms with E-state index in [1.807, 2.05) is 18.9 Å². The Morgan fingerprint density at radius 3 is 2.34 bits per heavy atom. The van der Waals surface area contributed by atoms with Crippen LogP contribution in [0.5, 0.6) is 0 Å². The first-order valence-electron chi connectivity index (χ1n) is 9.26. The van der Waals surface area contributed by atoms with E-state index in [2.05, 4.69) is 0 Å². The van der Waals surface area contributed by atoms with Gasteiger partial charge in [-0.2, -0.15) is 13.2 Å². The number of aromatic nitrogens is 1. The van der Waals surface area contributed by atoms with Crippen molar-refractivity contribution in [3.63, 3.8) is 0 Å². The highest BCUT2D eigenvalue weighted by Crippen LogP contribution is 2.44. The lowest BCUT2D eigenvalue weighted by Gasteiger charge is -2.51. The van der Waals surface area contributed by atoms with Gasteiger partial charge in [-0.1, -0.05) is 0 Å². The molecule has 10 heteroatoms. The smallest absolute Gasteiger partial charge is 0.362 e. The number of aryl methyl sites for hydroxylation is 1. The largest absolute Gasteiger partial charge is 0.485 e. The number of likely N-dealkylation sites (N-methyl/N-ethyl adjacent to an activating group) is 1. The van der Waals surface area contributed by atoms with E-state index in [1.54, 1.807) is 4.90 Å². The summed E-state index contributed by atoms with van der Waals surface area (Å²) in [5, 5.41) is -0.0293. The van der Waals surface area contributed by atoms with Crippen molar-refractivity contribution in [1.29, 1.82) is 0 Å². The van der Waals surface area contributed by atoms with Crippen molar-refractivity contribution in [1.82, 2.24) is 9.47 Å². The molecule has 2 aliphatic rings. The van der Waals surface area contributed by atoms with Crippen LogP contribution in [-0.2, 0) is 7.05 Å². The highest BCUT2D eigenvalue weighted by molar-refractivity contribution is 6.00. The Morgan fingerprint density at radius 1 is 1.07 bits per heavy atom. The van der Waals surface area contributed by atoms with Crippen molar-refractivity contribution >= 4 is 22.3 Å². The van der Waals surface area contributed by atoms with E-state index in [-0.39, 0.29) is 33.1 Å². The zero-order valence-corrected chi connectivity index (χ0v) is 16.4. The second kappa shape index (κ2) is 6.32. The molecule has 0 N–H and O–H groups in total. The summed E-state index contributed by atoms with van der Waals surface area (Å²) in [6.45, 7) is 3.41. The average Bonchev–Trinajstić information content (AvgIpc) is 2.63. The fourth-order valence-corrected chi connectivity index (χ4v) is 4.38. The van der Waals surface area contributed by atoms with E-state index in [1.165, 1.54) is 14.0 Å². The molecule has 0 radical (unpaired) electrons. The number of benzene rings is 1. The fraction of sp³-hybridized carbons (Fsp3) is 0.526. The quantitative estimate of drug-likeness (QED) is 0.488. The van der Waals surface area contributed by atoms with Crippen LogP contribution < -0.4 is 15.4 Å².